The number of halogens is 1. The van der Waals surface area contributed by atoms with E-state index in [1.54, 1.807) is 7.11 Å². The van der Waals surface area contributed by atoms with Gasteiger partial charge in [-0.1, -0.05) is 15.9 Å². The number of carbonyl (C=O) groups excluding carboxylic acids is 1. The molecule has 1 unspecified atom stereocenters. The Morgan fingerprint density at radius 2 is 2.33 bits per heavy atom. The number of nitrogens with one attached hydrogen (secondary N) is 2. The minimum atomic E-state index is 0.0408. The Bertz CT molecular complexity index is 482. The normalized spacial score (nSPS) is 16.4. The lowest BCUT2D eigenvalue weighted by molar-refractivity contribution is -0.121. The average molecular weight is 357 g/mol. The Balaban J connectivity index is 1.59. The fraction of sp³-hybridized carbons (Fsp3) is 0.533. The maximum Gasteiger partial charge on any atom is 0.221 e. The van der Waals surface area contributed by atoms with E-state index in [1.165, 1.54) is 5.56 Å². The lowest BCUT2D eigenvalue weighted by Crippen LogP contribution is -2.34. The zero-order chi connectivity index (χ0) is 15.1. The van der Waals surface area contributed by atoms with Crippen LogP contribution in [0.5, 0.6) is 5.75 Å². The summed E-state index contributed by atoms with van der Waals surface area (Å²) in [7, 11) is 1.62. The standard InChI is InChI=1S/C15H21BrN2O3/c1-20-7-6-18-15(19)4-5-17-10-13-9-11-8-12(16)2-3-14(11)21-13/h2-3,8,13,17H,4-7,9-10H2,1H3,(H,18,19). The Morgan fingerprint density at radius 1 is 1.48 bits per heavy atom. The number of hydrogen-bond acceptors (Lipinski definition) is 4. The van der Waals surface area contributed by atoms with E-state index in [0.29, 0.717) is 26.1 Å². The molecule has 116 valence electrons. The number of hydrogen-bond donors (Lipinski definition) is 2. The maximum atomic E-state index is 11.5. The molecule has 21 heavy (non-hydrogen) atoms. The second-order valence-electron chi connectivity index (χ2n) is 4.99. The van der Waals surface area contributed by atoms with E-state index >= 15 is 0 Å². The van der Waals surface area contributed by atoms with Crippen molar-refractivity contribution in [3.8, 4) is 5.75 Å². The van der Waals surface area contributed by atoms with Gasteiger partial charge in [0.25, 0.3) is 0 Å². The molecule has 1 aliphatic rings. The summed E-state index contributed by atoms with van der Waals surface area (Å²) >= 11 is 3.47. The number of rotatable bonds is 8. The van der Waals surface area contributed by atoms with E-state index in [9.17, 15) is 4.79 Å². The summed E-state index contributed by atoms with van der Waals surface area (Å²) in [6, 6.07) is 6.07. The highest BCUT2D eigenvalue weighted by Gasteiger charge is 2.22. The first-order chi connectivity index (χ1) is 10.2. The predicted molar refractivity (Wildman–Crippen MR) is 84.6 cm³/mol. The topological polar surface area (TPSA) is 59.6 Å². The average Bonchev–Trinajstić information content (AvgIpc) is 2.85. The van der Waals surface area contributed by atoms with Gasteiger partial charge in [-0.05, 0) is 23.8 Å². The Kier molecular flexibility index (Phi) is 6.48. The third-order valence-electron chi connectivity index (χ3n) is 3.29. The Hall–Kier alpha value is -1.11. The van der Waals surface area contributed by atoms with E-state index < -0.39 is 0 Å². The van der Waals surface area contributed by atoms with Crippen molar-refractivity contribution in [2.45, 2.75) is 18.9 Å². The van der Waals surface area contributed by atoms with E-state index in [1.807, 2.05) is 12.1 Å². The minimum Gasteiger partial charge on any atom is -0.488 e. The fourth-order valence-electron chi connectivity index (χ4n) is 2.25. The first-order valence-corrected chi connectivity index (χ1v) is 7.90. The molecule has 0 spiro atoms. The molecular formula is C15H21BrN2O3. The van der Waals surface area contributed by atoms with Crippen molar-refractivity contribution in [1.29, 1.82) is 0 Å². The van der Waals surface area contributed by atoms with Gasteiger partial charge in [0, 0.05) is 44.1 Å². The van der Waals surface area contributed by atoms with Crippen molar-refractivity contribution in [2.24, 2.45) is 0 Å². The van der Waals surface area contributed by atoms with E-state index in [4.69, 9.17) is 9.47 Å². The second kappa shape index (κ2) is 8.36. The Morgan fingerprint density at radius 3 is 3.14 bits per heavy atom. The van der Waals surface area contributed by atoms with Gasteiger partial charge in [0.1, 0.15) is 11.9 Å². The van der Waals surface area contributed by atoms with Crippen molar-refractivity contribution in [2.75, 3.05) is 33.4 Å². The zero-order valence-corrected chi connectivity index (χ0v) is 13.7. The van der Waals surface area contributed by atoms with Crippen LogP contribution in [0.2, 0.25) is 0 Å². The zero-order valence-electron chi connectivity index (χ0n) is 12.2. The smallest absolute Gasteiger partial charge is 0.221 e. The van der Waals surface area contributed by atoms with Crippen molar-refractivity contribution in [1.82, 2.24) is 10.6 Å². The van der Waals surface area contributed by atoms with E-state index in [2.05, 4.69) is 32.6 Å². The number of carbonyl (C=O) groups is 1. The van der Waals surface area contributed by atoms with Gasteiger partial charge in [-0.25, -0.2) is 0 Å². The molecule has 1 amide bonds. The molecule has 0 aromatic heterocycles. The molecular weight excluding hydrogens is 336 g/mol. The molecule has 1 atom stereocenters. The second-order valence-corrected chi connectivity index (χ2v) is 5.91. The molecule has 1 aromatic carbocycles. The lowest BCUT2D eigenvalue weighted by Gasteiger charge is -2.11. The van der Waals surface area contributed by atoms with Crippen molar-refractivity contribution in [3.63, 3.8) is 0 Å². The molecule has 5 nitrogen and oxygen atoms in total. The molecule has 1 heterocycles. The number of benzene rings is 1. The van der Waals surface area contributed by atoms with Crippen LogP contribution in [0.15, 0.2) is 22.7 Å². The monoisotopic (exact) mass is 356 g/mol. The van der Waals surface area contributed by atoms with Gasteiger partial charge in [-0.2, -0.15) is 0 Å². The van der Waals surface area contributed by atoms with Crippen molar-refractivity contribution in [3.05, 3.63) is 28.2 Å². The third-order valence-corrected chi connectivity index (χ3v) is 3.79. The lowest BCUT2D eigenvalue weighted by atomic mass is 10.1. The summed E-state index contributed by atoms with van der Waals surface area (Å²) in [6.45, 7) is 2.50. The van der Waals surface area contributed by atoms with Gasteiger partial charge in [0.15, 0.2) is 0 Å². The van der Waals surface area contributed by atoms with Crippen LogP contribution in [0.1, 0.15) is 12.0 Å². The summed E-state index contributed by atoms with van der Waals surface area (Å²) < 4.78 is 11.8. The summed E-state index contributed by atoms with van der Waals surface area (Å²) in [5.74, 6) is 1.00. The van der Waals surface area contributed by atoms with Gasteiger partial charge in [0.05, 0.1) is 6.61 Å². The summed E-state index contributed by atoms with van der Waals surface area (Å²) in [6.07, 6.45) is 1.52. The van der Waals surface area contributed by atoms with Crippen molar-refractivity contribution < 1.29 is 14.3 Å². The van der Waals surface area contributed by atoms with E-state index in [0.717, 1.165) is 23.2 Å². The quantitative estimate of drug-likeness (QED) is 0.693. The van der Waals surface area contributed by atoms with Crippen LogP contribution in [-0.2, 0) is 16.0 Å². The number of ether oxygens (including phenoxy) is 2. The molecule has 0 aliphatic carbocycles. The highest BCUT2D eigenvalue weighted by molar-refractivity contribution is 9.10. The largest absolute Gasteiger partial charge is 0.488 e. The van der Waals surface area contributed by atoms with Gasteiger partial charge in [-0.15, -0.1) is 0 Å². The molecule has 1 aromatic rings. The molecule has 2 rings (SSSR count). The first kappa shape index (κ1) is 16.3. The van der Waals surface area contributed by atoms with Crippen molar-refractivity contribution >= 4 is 21.8 Å². The summed E-state index contributed by atoms with van der Waals surface area (Å²) in [4.78, 5) is 11.5. The van der Waals surface area contributed by atoms with Crippen LogP contribution in [0.25, 0.3) is 0 Å². The van der Waals surface area contributed by atoms with Crippen LogP contribution in [0.3, 0.4) is 0 Å². The van der Waals surface area contributed by atoms with Crippen LogP contribution < -0.4 is 15.4 Å². The molecule has 1 aliphatic heterocycles. The molecule has 0 fully saturated rings. The maximum absolute atomic E-state index is 11.5. The van der Waals surface area contributed by atoms with E-state index in [-0.39, 0.29) is 12.0 Å². The summed E-state index contributed by atoms with van der Waals surface area (Å²) in [5.41, 5.74) is 1.23. The molecule has 0 radical (unpaired) electrons. The highest BCUT2D eigenvalue weighted by Crippen LogP contribution is 2.30. The fourth-order valence-corrected chi connectivity index (χ4v) is 2.66. The van der Waals surface area contributed by atoms with Crippen LogP contribution in [-0.4, -0.2) is 45.4 Å². The molecule has 2 N–H and O–H groups in total. The molecule has 6 heteroatoms. The number of methoxy groups -OCH3 is 1. The number of amides is 1. The third kappa shape index (κ3) is 5.30. The first-order valence-electron chi connectivity index (χ1n) is 7.10. The van der Waals surface area contributed by atoms with Crippen LogP contribution in [0.4, 0.5) is 0 Å². The van der Waals surface area contributed by atoms with Crippen LogP contribution >= 0.6 is 15.9 Å². The molecule has 0 saturated heterocycles. The number of fused-ring (bicyclic) bond motifs is 1. The highest BCUT2D eigenvalue weighted by atomic mass is 79.9. The van der Waals surface area contributed by atoms with Gasteiger partial charge >= 0.3 is 0 Å². The van der Waals surface area contributed by atoms with Gasteiger partial charge in [0.2, 0.25) is 5.91 Å². The summed E-state index contributed by atoms with van der Waals surface area (Å²) in [5, 5.41) is 6.06. The van der Waals surface area contributed by atoms with Crippen LogP contribution in [0, 0.1) is 0 Å². The predicted octanol–water partition coefficient (Wildman–Crippen LogP) is 1.49. The molecule has 0 saturated carbocycles. The van der Waals surface area contributed by atoms with Gasteiger partial charge < -0.3 is 20.1 Å². The minimum absolute atomic E-state index is 0.0408. The SMILES string of the molecule is COCCNC(=O)CCNCC1Cc2cc(Br)ccc2O1. The molecule has 0 bridgehead atoms. The van der Waals surface area contributed by atoms with Gasteiger partial charge in [-0.3, -0.25) is 4.79 Å². The Labute approximate surface area is 133 Å².